The molecule has 2 fully saturated rings. The lowest BCUT2D eigenvalue weighted by atomic mass is 10.1. The topological polar surface area (TPSA) is 55.8 Å². The van der Waals surface area contributed by atoms with Crippen LogP contribution >= 0.6 is 0 Å². The summed E-state index contributed by atoms with van der Waals surface area (Å²) < 4.78 is 0. The van der Waals surface area contributed by atoms with Crippen molar-refractivity contribution in [3.8, 4) is 0 Å². The molecule has 2 unspecified atom stereocenters. The van der Waals surface area contributed by atoms with Crippen LogP contribution in [-0.2, 0) is 4.79 Å². The predicted octanol–water partition coefficient (Wildman–Crippen LogP) is 1.87. The van der Waals surface area contributed by atoms with Crippen LogP contribution < -0.4 is 10.2 Å². The van der Waals surface area contributed by atoms with E-state index in [-0.39, 0.29) is 12.5 Å². The lowest BCUT2D eigenvalue weighted by molar-refractivity contribution is -0.122. The van der Waals surface area contributed by atoms with Crippen LogP contribution in [0.2, 0.25) is 0 Å². The number of carbonyl (C=O) groups is 1. The van der Waals surface area contributed by atoms with E-state index < -0.39 is 0 Å². The number of rotatable bonds is 8. The minimum Gasteiger partial charge on any atom is -0.396 e. The first-order valence-corrected chi connectivity index (χ1v) is 9.68. The third kappa shape index (κ3) is 5.19. The van der Waals surface area contributed by atoms with Crippen molar-refractivity contribution in [2.24, 2.45) is 5.92 Å². The smallest absolute Gasteiger partial charge is 0.234 e. The number of hydrogen-bond acceptors (Lipinski definition) is 4. The van der Waals surface area contributed by atoms with E-state index in [4.69, 9.17) is 5.11 Å². The molecule has 2 atom stereocenters. The molecular weight excluding hydrogens is 314 g/mol. The molecule has 0 spiro atoms. The maximum atomic E-state index is 12.3. The maximum Gasteiger partial charge on any atom is 0.234 e. The van der Waals surface area contributed by atoms with Gasteiger partial charge in [0.05, 0.1) is 6.54 Å². The van der Waals surface area contributed by atoms with E-state index in [1.165, 1.54) is 5.69 Å². The van der Waals surface area contributed by atoms with E-state index in [1.54, 1.807) is 0 Å². The van der Waals surface area contributed by atoms with Gasteiger partial charge in [0.25, 0.3) is 0 Å². The fraction of sp³-hybridized carbons (Fsp3) is 0.650. The molecule has 0 radical (unpaired) electrons. The number of likely N-dealkylation sites (tertiary alicyclic amines) is 1. The summed E-state index contributed by atoms with van der Waals surface area (Å²) in [4.78, 5) is 17.0. The van der Waals surface area contributed by atoms with E-state index in [1.807, 2.05) is 6.07 Å². The van der Waals surface area contributed by atoms with Crippen LogP contribution in [0.1, 0.15) is 32.1 Å². The molecule has 25 heavy (non-hydrogen) atoms. The molecule has 5 heteroatoms. The van der Waals surface area contributed by atoms with Gasteiger partial charge >= 0.3 is 0 Å². The van der Waals surface area contributed by atoms with E-state index in [9.17, 15) is 4.79 Å². The number of nitrogens with one attached hydrogen (secondary N) is 1. The highest BCUT2D eigenvalue weighted by atomic mass is 16.3. The molecule has 0 aliphatic carbocycles. The second kappa shape index (κ2) is 9.20. The van der Waals surface area contributed by atoms with Crippen molar-refractivity contribution in [1.82, 2.24) is 10.2 Å². The molecule has 2 N–H and O–H groups in total. The van der Waals surface area contributed by atoms with Crippen LogP contribution in [0.15, 0.2) is 30.3 Å². The predicted molar refractivity (Wildman–Crippen MR) is 101 cm³/mol. The molecule has 1 amide bonds. The van der Waals surface area contributed by atoms with Gasteiger partial charge in [0.1, 0.15) is 0 Å². The van der Waals surface area contributed by atoms with Gasteiger partial charge in [-0.2, -0.15) is 0 Å². The summed E-state index contributed by atoms with van der Waals surface area (Å²) in [6.07, 6.45) is 5.29. The largest absolute Gasteiger partial charge is 0.396 e. The van der Waals surface area contributed by atoms with Crippen molar-refractivity contribution >= 4 is 11.6 Å². The molecule has 5 nitrogen and oxygen atoms in total. The molecule has 3 rings (SSSR count). The van der Waals surface area contributed by atoms with Crippen molar-refractivity contribution in [2.45, 2.75) is 38.1 Å². The Morgan fingerprint density at radius 2 is 2.04 bits per heavy atom. The molecule has 0 saturated carbocycles. The number of para-hydroxylation sites is 1. The molecule has 2 saturated heterocycles. The van der Waals surface area contributed by atoms with Crippen LogP contribution in [0.3, 0.4) is 0 Å². The van der Waals surface area contributed by atoms with Crippen molar-refractivity contribution in [3.63, 3.8) is 0 Å². The molecule has 2 aliphatic rings. The minimum atomic E-state index is 0.147. The summed E-state index contributed by atoms with van der Waals surface area (Å²) in [5.74, 6) is 0.682. The first kappa shape index (κ1) is 18.2. The number of amides is 1. The molecule has 1 aromatic carbocycles. The number of nitrogens with zero attached hydrogens (tertiary/aromatic N) is 2. The van der Waals surface area contributed by atoms with Crippen LogP contribution in [0, 0.1) is 5.92 Å². The fourth-order valence-corrected chi connectivity index (χ4v) is 4.13. The number of aliphatic hydroxyl groups is 1. The zero-order valence-electron chi connectivity index (χ0n) is 15.1. The van der Waals surface area contributed by atoms with Crippen molar-refractivity contribution in [3.05, 3.63) is 30.3 Å². The number of anilines is 1. The van der Waals surface area contributed by atoms with E-state index in [2.05, 4.69) is 39.4 Å². The Balaban J connectivity index is 1.38. The fourth-order valence-electron chi connectivity index (χ4n) is 4.13. The minimum absolute atomic E-state index is 0.147. The Morgan fingerprint density at radius 1 is 1.20 bits per heavy atom. The molecule has 2 aliphatic heterocycles. The monoisotopic (exact) mass is 345 g/mol. The first-order valence-electron chi connectivity index (χ1n) is 9.68. The summed E-state index contributed by atoms with van der Waals surface area (Å²) in [5, 5.41) is 12.1. The zero-order chi connectivity index (χ0) is 17.5. The molecule has 1 aromatic rings. The Morgan fingerprint density at radius 3 is 2.84 bits per heavy atom. The molecule has 0 aromatic heterocycles. The van der Waals surface area contributed by atoms with Crippen molar-refractivity contribution in [1.29, 1.82) is 0 Å². The molecular formula is C20H31N3O2. The lowest BCUT2D eigenvalue weighted by Gasteiger charge is -2.24. The average molecular weight is 345 g/mol. The average Bonchev–Trinajstić information content (AvgIpc) is 3.28. The van der Waals surface area contributed by atoms with Gasteiger partial charge in [0.2, 0.25) is 5.91 Å². The number of carbonyl (C=O) groups excluding carboxylic acids is 1. The Labute approximate surface area is 151 Å². The highest BCUT2D eigenvalue weighted by Crippen LogP contribution is 2.23. The van der Waals surface area contributed by atoms with E-state index in [0.717, 1.165) is 58.3 Å². The summed E-state index contributed by atoms with van der Waals surface area (Å²) in [6.45, 7) is 4.63. The summed E-state index contributed by atoms with van der Waals surface area (Å²) >= 11 is 0. The SMILES string of the molecule is O=C(CN1CCCC1CCCO)NCC1CCN(c2ccccc2)C1. The van der Waals surface area contributed by atoms with Crippen LogP contribution in [0.5, 0.6) is 0 Å². The normalized spacial score (nSPS) is 24.0. The Kier molecular flexibility index (Phi) is 6.70. The quantitative estimate of drug-likeness (QED) is 0.755. The van der Waals surface area contributed by atoms with Gasteiger partial charge in [-0.1, -0.05) is 18.2 Å². The molecule has 0 bridgehead atoms. The van der Waals surface area contributed by atoms with Gasteiger partial charge in [0, 0.05) is 38.0 Å². The Hall–Kier alpha value is -1.59. The van der Waals surface area contributed by atoms with Gasteiger partial charge in [-0.3, -0.25) is 9.69 Å². The second-order valence-electron chi connectivity index (χ2n) is 7.37. The summed E-state index contributed by atoms with van der Waals surface area (Å²) in [6, 6.07) is 11.0. The van der Waals surface area contributed by atoms with Gasteiger partial charge in [-0.25, -0.2) is 0 Å². The van der Waals surface area contributed by atoms with Crippen LogP contribution in [0.25, 0.3) is 0 Å². The number of hydrogen-bond donors (Lipinski definition) is 2. The Bertz CT molecular complexity index is 537. The third-order valence-electron chi connectivity index (χ3n) is 5.54. The highest BCUT2D eigenvalue weighted by Gasteiger charge is 2.27. The summed E-state index contributed by atoms with van der Waals surface area (Å²) in [7, 11) is 0. The standard InChI is InChI=1S/C20H31N3O2/c24-13-5-9-19-8-4-11-22(19)16-20(25)21-14-17-10-12-23(15-17)18-6-2-1-3-7-18/h1-3,6-7,17,19,24H,4-5,8-16H2,(H,21,25). The van der Waals surface area contributed by atoms with Crippen molar-refractivity contribution < 1.29 is 9.90 Å². The molecule has 138 valence electrons. The van der Waals surface area contributed by atoms with Crippen molar-refractivity contribution in [2.75, 3.05) is 44.2 Å². The lowest BCUT2D eigenvalue weighted by Crippen LogP contribution is -2.41. The summed E-state index contributed by atoms with van der Waals surface area (Å²) in [5.41, 5.74) is 1.28. The van der Waals surface area contributed by atoms with E-state index >= 15 is 0 Å². The van der Waals surface area contributed by atoms with Gasteiger partial charge in [-0.15, -0.1) is 0 Å². The van der Waals surface area contributed by atoms with Gasteiger partial charge in [-0.05, 0) is 56.7 Å². The number of aliphatic hydroxyl groups excluding tert-OH is 1. The second-order valence-corrected chi connectivity index (χ2v) is 7.37. The van der Waals surface area contributed by atoms with E-state index in [0.29, 0.717) is 18.5 Å². The van der Waals surface area contributed by atoms with Crippen LogP contribution in [-0.4, -0.2) is 61.3 Å². The zero-order valence-corrected chi connectivity index (χ0v) is 15.1. The highest BCUT2D eigenvalue weighted by molar-refractivity contribution is 5.78. The third-order valence-corrected chi connectivity index (χ3v) is 5.54. The first-order chi connectivity index (χ1) is 12.3. The maximum absolute atomic E-state index is 12.3. The van der Waals surface area contributed by atoms with Gasteiger partial charge in [0.15, 0.2) is 0 Å². The number of benzene rings is 1. The van der Waals surface area contributed by atoms with Crippen LogP contribution in [0.4, 0.5) is 5.69 Å². The molecule has 2 heterocycles. The van der Waals surface area contributed by atoms with Gasteiger partial charge < -0.3 is 15.3 Å².